The lowest BCUT2D eigenvalue weighted by Crippen LogP contribution is -2.27. The smallest absolute Gasteiger partial charge is 0.254 e. The number of nitrogens with one attached hydrogen (secondary N) is 1. The molecule has 0 aliphatic rings. The van der Waals surface area contributed by atoms with Crippen LogP contribution in [0.3, 0.4) is 0 Å². The van der Waals surface area contributed by atoms with Crippen molar-refractivity contribution >= 4 is 39.8 Å². The van der Waals surface area contributed by atoms with Gasteiger partial charge in [0.2, 0.25) is 5.91 Å². The zero-order chi connectivity index (χ0) is 19.4. The molecule has 140 valence electrons. The van der Waals surface area contributed by atoms with Crippen molar-refractivity contribution in [3.05, 3.63) is 63.0 Å². The molecule has 0 unspecified atom stereocenters. The summed E-state index contributed by atoms with van der Waals surface area (Å²) in [5.41, 5.74) is 2.65. The van der Waals surface area contributed by atoms with Gasteiger partial charge in [0.05, 0.1) is 11.4 Å². The molecule has 0 radical (unpaired) electrons. The molecule has 8 heteroatoms. The molecule has 0 atom stereocenters. The number of amides is 1. The maximum Gasteiger partial charge on any atom is 0.254 e. The number of thiazole rings is 1. The normalized spacial score (nSPS) is 10.8. The van der Waals surface area contributed by atoms with Crippen LogP contribution in [0.25, 0.3) is 0 Å². The molecule has 1 amide bonds. The minimum absolute atomic E-state index is 0.108. The van der Waals surface area contributed by atoms with Gasteiger partial charge in [0.25, 0.3) is 5.56 Å². The summed E-state index contributed by atoms with van der Waals surface area (Å²) in [5, 5.41) is 3.13. The highest BCUT2D eigenvalue weighted by Gasteiger charge is 2.21. The van der Waals surface area contributed by atoms with Gasteiger partial charge < -0.3 is 4.98 Å². The highest BCUT2D eigenvalue weighted by atomic mass is 32.2. The monoisotopic (exact) mass is 400 g/mol. The first-order valence-corrected chi connectivity index (χ1v) is 10.5. The number of anilines is 2. The third-order valence-electron chi connectivity index (χ3n) is 4.04. The van der Waals surface area contributed by atoms with Crippen LogP contribution < -0.4 is 10.5 Å². The molecule has 3 aromatic rings. The molecular weight excluding hydrogens is 380 g/mol. The summed E-state index contributed by atoms with van der Waals surface area (Å²) in [4.78, 5) is 38.5. The third-order valence-corrected chi connectivity index (χ3v) is 5.57. The van der Waals surface area contributed by atoms with Crippen LogP contribution in [-0.2, 0) is 11.2 Å². The van der Waals surface area contributed by atoms with Crippen molar-refractivity contribution in [2.75, 3.05) is 11.2 Å². The summed E-state index contributed by atoms with van der Waals surface area (Å²) >= 11 is 2.81. The van der Waals surface area contributed by atoms with E-state index in [9.17, 15) is 9.59 Å². The number of aryl methyl sites for hydroxylation is 2. The molecule has 0 aliphatic carbocycles. The second kappa shape index (κ2) is 8.49. The van der Waals surface area contributed by atoms with Crippen molar-refractivity contribution in [1.82, 2.24) is 15.0 Å². The van der Waals surface area contributed by atoms with Crippen LogP contribution in [0.15, 0.2) is 45.7 Å². The molecular formula is C19H20N4O2S2. The molecule has 6 nitrogen and oxygen atoms in total. The van der Waals surface area contributed by atoms with Crippen molar-refractivity contribution in [2.45, 2.75) is 31.8 Å². The molecule has 1 N–H and O–H groups in total. The summed E-state index contributed by atoms with van der Waals surface area (Å²) in [7, 11) is 0. The second-order valence-electron chi connectivity index (χ2n) is 5.98. The lowest BCUT2D eigenvalue weighted by Gasteiger charge is -2.20. The highest BCUT2D eigenvalue weighted by Crippen LogP contribution is 2.29. The van der Waals surface area contributed by atoms with Gasteiger partial charge in [0.15, 0.2) is 10.3 Å². The molecule has 0 bridgehead atoms. The summed E-state index contributed by atoms with van der Waals surface area (Å²) < 4.78 is 0. The van der Waals surface area contributed by atoms with E-state index in [1.807, 2.05) is 48.9 Å². The predicted octanol–water partition coefficient (Wildman–Crippen LogP) is 3.86. The zero-order valence-corrected chi connectivity index (χ0v) is 17.0. The molecule has 1 aromatic carbocycles. The van der Waals surface area contributed by atoms with Gasteiger partial charge in [-0.15, -0.1) is 11.3 Å². The number of carbonyl (C=O) groups is 1. The fourth-order valence-electron chi connectivity index (χ4n) is 2.70. The number of H-pyrrole nitrogens is 1. The highest BCUT2D eigenvalue weighted by molar-refractivity contribution is 7.98. The number of rotatable bonds is 6. The molecule has 0 aliphatic heterocycles. The Kier molecular flexibility index (Phi) is 6.08. The number of carbonyl (C=O) groups excluding carboxylic acids is 1. The van der Waals surface area contributed by atoms with Crippen molar-refractivity contribution in [2.24, 2.45) is 0 Å². The lowest BCUT2D eigenvalue weighted by molar-refractivity contribution is -0.117. The number of aromatic nitrogens is 3. The van der Waals surface area contributed by atoms with E-state index in [2.05, 4.69) is 15.0 Å². The number of nitrogens with zero attached hydrogens (tertiary/aromatic N) is 3. The topological polar surface area (TPSA) is 79.0 Å². The van der Waals surface area contributed by atoms with Gasteiger partial charge in [-0.25, -0.2) is 9.97 Å². The lowest BCUT2D eigenvalue weighted by atomic mass is 10.1. The number of benzene rings is 1. The van der Waals surface area contributed by atoms with Crippen LogP contribution in [0.1, 0.15) is 23.4 Å². The molecule has 2 aromatic heterocycles. The minimum atomic E-state index is -0.184. The van der Waals surface area contributed by atoms with E-state index in [1.165, 1.54) is 23.1 Å². The van der Waals surface area contributed by atoms with E-state index in [4.69, 9.17) is 0 Å². The van der Waals surface area contributed by atoms with Crippen molar-refractivity contribution in [3.8, 4) is 0 Å². The summed E-state index contributed by atoms with van der Waals surface area (Å²) in [6, 6.07) is 9.43. The average molecular weight is 401 g/mol. The largest absolute Gasteiger partial charge is 0.301 e. The van der Waals surface area contributed by atoms with Gasteiger partial charge in [-0.1, -0.05) is 30.0 Å². The number of hydrogen-bond donors (Lipinski definition) is 1. The summed E-state index contributed by atoms with van der Waals surface area (Å²) in [6.45, 7) is 3.70. The van der Waals surface area contributed by atoms with Gasteiger partial charge in [-0.05, 0) is 38.7 Å². The van der Waals surface area contributed by atoms with E-state index >= 15 is 0 Å². The van der Waals surface area contributed by atoms with Crippen LogP contribution in [0.4, 0.5) is 10.8 Å². The minimum Gasteiger partial charge on any atom is -0.301 e. The van der Waals surface area contributed by atoms with Crippen molar-refractivity contribution < 1.29 is 4.79 Å². The Morgan fingerprint density at radius 3 is 2.56 bits per heavy atom. The molecule has 2 heterocycles. The number of aromatic amines is 1. The SMILES string of the molecule is CSc1nc(C)c(CCC(=O)N(c2ccccc2)c2nc(C)cs2)c(=O)[nH]1. The first-order valence-electron chi connectivity index (χ1n) is 8.43. The quantitative estimate of drug-likeness (QED) is 0.502. The Bertz CT molecular complexity index is 998. The van der Waals surface area contributed by atoms with E-state index in [0.717, 1.165) is 11.4 Å². The Hall–Kier alpha value is -2.45. The van der Waals surface area contributed by atoms with E-state index in [-0.39, 0.29) is 17.9 Å². The Morgan fingerprint density at radius 2 is 1.96 bits per heavy atom. The van der Waals surface area contributed by atoms with E-state index in [1.54, 1.807) is 11.8 Å². The van der Waals surface area contributed by atoms with Crippen LogP contribution in [0.5, 0.6) is 0 Å². The van der Waals surface area contributed by atoms with Gasteiger partial charge in [-0.3, -0.25) is 14.5 Å². The third kappa shape index (κ3) is 4.45. The maximum atomic E-state index is 13.0. The van der Waals surface area contributed by atoms with Crippen LogP contribution in [0.2, 0.25) is 0 Å². The predicted molar refractivity (Wildman–Crippen MR) is 110 cm³/mol. The molecule has 0 saturated heterocycles. The van der Waals surface area contributed by atoms with Gasteiger partial charge >= 0.3 is 0 Å². The number of para-hydroxylation sites is 1. The van der Waals surface area contributed by atoms with Crippen LogP contribution in [0, 0.1) is 13.8 Å². The van der Waals surface area contributed by atoms with Crippen molar-refractivity contribution in [3.63, 3.8) is 0 Å². The fourth-order valence-corrected chi connectivity index (χ4v) is 3.96. The van der Waals surface area contributed by atoms with Crippen LogP contribution in [-0.4, -0.2) is 27.1 Å². The molecule has 3 rings (SSSR count). The molecule has 0 spiro atoms. The van der Waals surface area contributed by atoms with Gasteiger partial charge in [0.1, 0.15) is 0 Å². The Balaban J connectivity index is 1.85. The maximum absolute atomic E-state index is 13.0. The van der Waals surface area contributed by atoms with Gasteiger partial charge in [-0.2, -0.15) is 0 Å². The Morgan fingerprint density at radius 1 is 1.22 bits per heavy atom. The van der Waals surface area contributed by atoms with Gasteiger partial charge in [0, 0.05) is 23.1 Å². The second-order valence-corrected chi connectivity index (χ2v) is 7.61. The number of hydrogen-bond acceptors (Lipinski definition) is 6. The number of thioether (sulfide) groups is 1. The van der Waals surface area contributed by atoms with Crippen LogP contribution >= 0.6 is 23.1 Å². The molecule has 0 saturated carbocycles. The first-order chi connectivity index (χ1) is 13.0. The average Bonchev–Trinajstić information content (AvgIpc) is 3.07. The summed E-state index contributed by atoms with van der Waals surface area (Å²) in [5.74, 6) is -0.108. The zero-order valence-electron chi connectivity index (χ0n) is 15.4. The molecule has 27 heavy (non-hydrogen) atoms. The summed E-state index contributed by atoms with van der Waals surface area (Å²) in [6.07, 6.45) is 2.38. The van der Waals surface area contributed by atoms with Crippen molar-refractivity contribution in [1.29, 1.82) is 0 Å². The fraction of sp³-hybridized carbons (Fsp3) is 0.263. The molecule has 0 fully saturated rings. The van der Waals surface area contributed by atoms with E-state index < -0.39 is 0 Å². The van der Waals surface area contributed by atoms with E-state index in [0.29, 0.717) is 28.0 Å². The Labute approximate surface area is 165 Å². The first kappa shape index (κ1) is 19.3. The standard InChI is InChI=1S/C19H20N4O2S2/c1-12-11-27-19(20-12)23(14-7-5-4-6-8-14)16(24)10-9-15-13(2)21-18(26-3)22-17(15)25/h4-8,11H,9-10H2,1-3H3,(H,21,22,25).